The van der Waals surface area contributed by atoms with Gasteiger partial charge in [0, 0.05) is 63.3 Å². The lowest BCUT2D eigenvalue weighted by atomic mass is 10.1. The molecule has 13 heteroatoms. The first-order chi connectivity index (χ1) is 17.8. The van der Waals surface area contributed by atoms with Crippen molar-refractivity contribution in [3.05, 3.63) is 40.8 Å². The van der Waals surface area contributed by atoms with Crippen LogP contribution in [0.5, 0.6) is 0 Å². The topological polar surface area (TPSA) is 112 Å². The molecular weight excluding hydrogens is 518 g/mol. The minimum Gasteiger partial charge on any atom is -0.378 e. The number of amides is 1. The number of carbonyl (C=O) groups is 1. The van der Waals surface area contributed by atoms with Crippen LogP contribution in [-0.4, -0.2) is 96.6 Å². The first kappa shape index (κ1) is 24.6. The molecule has 2 saturated heterocycles. The number of fused-ring (bicyclic) bond motifs is 2. The number of ether oxygens (including phenoxy) is 1. The summed E-state index contributed by atoms with van der Waals surface area (Å²) in [7, 11) is -3.18. The van der Waals surface area contributed by atoms with Crippen LogP contribution < -0.4 is 10.2 Å². The van der Waals surface area contributed by atoms with Gasteiger partial charge >= 0.3 is 0 Å². The van der Waals surface area contributed by atoms with E-state index >= 15 is 0 Å². The minimum absolute atomic E-state index is 0.0210. The molecule has 0 unspecified atom stereocenters. The van der Waals surface area contributed by atoms with Gasteiger partial charge in [0.1, 0.15) is 10.8 Å². The van der Waals surface area contributed by atoms with Gasteiger partial charge in [-0.3, -0.25) is 14.1 Å². The van der Waals surface area contributed by atoms with Crippen LogP contribution in [0.2, 0.25) is 5.15 Å². The average Bonchev–Trinajstić information content (AvgIpc) is 3.47. The molecule has 0 aliphatic carbocycles. The van der Waals surface area contributed by atoms with Gasteiger partial charge in [0.25, 0.3) is 0 Å². The number of rotatable bonds is 5. The molecule has 3 aromatic rings. The number of hydrogen-bond donors (Lipinski definition) is 1. The van der Waals surface area contributed by atoms with E-state index in [4.69, 9.17) is 26.3 Å². The first-order valence-electron chi connectivity index (χ1n) is 12.3. The number of aromatic nitrogens is 3. The van der Waals surface area contributed by atoms with Crippen LogP contribution in [0.4, 0.5) is 11.5 Å². The lowest BCUT2D eigenvalue weighted by Crippen LogP contribution is -2.47. The van der Waals surface area contributed by atoms with Crippen molar-refractivity contribution in [2.75, 3.05) is 69.0 Å². The van der Waals surface area contributed by atoms with Crippen LogP contribution in [0, 0.1) is 0 Å². The number of benzene rings is 1. The number of nitrogens with zero attached hydrogens (tertiary/aromatic N) is 6. The van der Waals surface area contributed by atoms with E-state index in [1.165, 1.54) is 10.6 Å². The summed E-state index contributed by atoms with van der Waals surface area (Å²) in [6.07, 6.45) is 3.52. The van der Waals surface area contributed by atoms with E-state index in [9.17, 15) is 13.2 Å². The fourth-order valence-electron chi connectivity index (χ4n) is 5.12. The molecule has 1 aromatic carbocycles. The van der Waals surface area contributed by atoms with Gasteiger partial charge in [-0.25, -0.2) is 18.4 Å². The summed E-state index contributed by atoms with van der Waals surface area (Å²) in [5.74, 6) is 0.720. The van der Waals surface area contributed by atoms with Crippen LogP contribution in [-0.2, 0) is 32.5 Å². The van der Waals surface area contributed by atoms with Gasteiger partial charge in [-0.2, -0.15) is 4.31 Å². The standard InChI is InChI=1S/C24H28ClN7O4S/c1-37(34,35)31-6-4-29(5-7-31)14-18-15-32-22(25)21(16-2-3-19-17(12-16)13-20(33)27-19)28-23(24(32)26-18)30-8-10-36-11-9-30/h2-3,12,15H,4-11,13-14H2,1H3,(H,27,33). The number of halogens is 1. The van der Waals surface area contributed by atoms with Crippen LogP contribution in [0.3, 0.4) is 0 Å². The monoisotopic (exact) mass is 545 g/mol. The Morgan fingerprint density at radius 3 is 2.57 bits per heavy atom. The molecule has 11 nitrogen and oxygen atoms in total. The minimum atomic E-state index is -3.18. The molecule has 2 aromatic heterocycles. The zero-order chi connectivity index (χ0) is 25.7. The molecule has 6 rings (SSSR count). The molecule has 5 heterocycles. The smallest absolute Gasteiger partial charge is 0.228 e. The molecule has 3 aliphatic rings. The Balaban J connectivity index is 1.36. The quantitative estimate of drug-likeness (QED) is 0.513. The summed E-state index contributed by atoms with van der Waals surface area (Å²) in [5.41, 5.74) is 4.73. The number of sulfonamides is 1. The largest absolute Gasteiger partial charge is 0.378 e. The third-order valence-electron chi connectivity index (χ3n) is 7.08. The second kappa shape index (κ2) is 9.52. The van der Waals surface area contributed by atoms with Crippen molar-refractivity contribution in [3.8, 4) is 11.3 Å². The van der Waals surface area contributed by atoms with Crippen molar-refractivity contribution in [2.24, 2.45) is 0 Å². The highest BCUT2D eigenvalue weighted by molar-refractivity contribution is 7.88. The Morgan fingerprint density at radius 1 is 1.08 bits per heavy atom. The Labute approximate surface area is 220 Å². The molecule has 196 valence electrons. The van der Waals surface area contributed by atoms with Gasteiger partial charge in [0.05, 0.1) is 31.6 Å². The fourth-order valence-corrected chi connectivity index (χ4v) is 6.23. The number of nitrogens with one attached hydrogen (secondary N) is 1. The molecule has 3 aliphatic heterocycles. The fraction of sp³-hybridized carbons (Fsp3) is 0.458. The van der Waals surface area contributed by atoms with Crippen LogP contribution in [0.15, 0.2) is 24.4 Å². The lowest BCUT2D eigenvalue weighted by Gasteiger charge is -2.32. The van der Waals surface area contributed by atoms with Crippen LogP contribution >= 0.6 is 11.6 Å². The molecular formula is C24H28ClN7O4S. The van der Waals surface area contributed by atoms with E-state index in [0.717, 1.165) is 28.3 Å². The first-order valence-corrected chi connectivity index (χ1v) is 14.5. The molecule has 0 bridgehead atoms. The van der Waals surface area contributed by atoms with E-state index < -0.39 is 10.0 Å². The molecule has 2 fully saturated rings. The third-order valence-corrected chi connectivity index (χ3v) is 8.75. The summed E-state index contributed by atoms with van der Waals surface area (Å²) in [6, 6.07) is 5.78. The Bertz CT molecular complexity index is 1480. The molecule has 0 radical (unpaired) electrons. The van der Waals surface area contributed by atoms with E-state index in [1.807, 2.05) is 28.8 Å². The third kappa shape index (κ3) is 4.79. The molecule has 0 atom stereocenters. The number of imidazole rings is 1. The summed E-state index contributed by atoms with van der Waals surface area (Å²) < 4.78 is 32.7. The van der Waals surface area contributed by atoms with Gasteiger partial charge in [0.15, 0.2) is 11.5 Å². The van der Waals surface area contributed by atoms with E-state index in [0.29, 0.717) is 81.9 Å². The van der Waals surface area contributed by atoms with Crippen molar-refractivity contribution in [1.82, 2.24) is 23.6 Å². The average molecular weight is 546 g/mol. The normalized spacial score (nSPS) is 19.4. The predicted molar refractivity (Wildman–Crippen MR) is 140 cm³/mol. The van der Waals surface area contributed by atoms with Gasteiger partial charge in [-0.15, -0.1) is 0 Å². The van der Waals surface area contributed by atoms with Crippen molar-refractivity contribution in [2.45, 2.75) is 13.0 Å². The van der Waals surface area contributed by atoms with Crippen molar-refractivity contribution in [3.63, 3.8) is 0 Å². The second-order valence-electron chi connectivity index (χ2n) is 9.64. The van der Waals surface area contributed by atoms with E-state index in [-0.39, 0.29) is 5.91 Å². The molecule has 1 N–H and O–H groups in total. The summed E-state index contributed by atoms with van der Waals surface area (Å²) >= 11 is 6.94. The highest BCUT2D eigenvalue weighted by Crippen LogP contribution is 2.35. The Kier molecular flexibility index (Phi) is 6.32. The lowest BCUT2D eigenvalue weighted by molar-refractivity contribution is -0.115. The number of hydrogen-bond acceptors (Lipinski definition) is 8. The van der Waals surface area contributed by atoms with Crippen molar-refractivity contribution >= 4 is 44.7 Å². The maximum atomic E-state index is 11.9. The van der Waals surface area contributed by atoms with Gasteiger partial charge < -0.3 is 15.0 Å². The highest BCUT2D eigenvalue weighted by Gasteiger charge is 2.26. The number of anilines is 2. The van der Waals surface area contributed by atoms with Crippen LogP contribution in [0.1, 0.15) is 11.3 Å². The zero-order valence-electron chi connectivity index (χ0n) is 20.5. The zero-order valence-corrected chi connectivity index (χ0v) is 22.1. The van der Waals surface area contributed by atoms with E-state index in [1.54, 1.807) is 0 Å². The second-order valence-corrected chi connectivity index (χ2v) is 12.0. The van der Waals surface area contributed by atoms with Crippen molar-refractivity contribution < 1.29 is 17.9 Å². The maximum absolute atomic E-state index is 11.9. The van der Waals surface area contributed by atoms with E-state index in [2.05, 4.69) is 15.1 Å². The Morgan fingerprint density at radius 2 is 1.84 bits per heavy atom. The summed E-state index contributed by atoms with van der Waals surface area (Å²) in [5, 5.41) is 3.31. The maximum Gasteiger partial charge on any atom is 0.228 e. The molecule has 1 amide bonds. The summed E-state index contributed by atoms with van der Waals surface area (Å²) in [6.45, 7) is 5.39. The highest BCUT2D eigenvalue weighted by atomic mass is 35.5. The number of carbonyl (C=O) groups excluding carboxylic acids is 1. The predicted octanol–water partition coefficient (Wildman–Crippen LogP) is 1.46. The van der Waals surface area contributed by atoms with Gasteiger partial charge in [-0.1, -0.05) is 17.7 Å². The molecule has 0 saturated carbocycles. The van der Waals surface area contributed by atoms with Gasteiger partial charge in [0.2, 0.25) is 15.9 Å². The van der Waals surface area contributed by atoms with Gasteiger partial charge in [-0.05, 0) is 17.7 Å². The number of piperazine rings is 1. The SMILES string of the molecule is CS(=O)(=O)N1CCN(Cc2cn3c(Cl)c(-c4ccc5c(c4)CC(=O)N5)nc(N4CCOCC4)c3n2)CC1. The Hall–Kier alpha value is -2.77. The number of morpholine rings is 1. The van der Waals surface area contributed by atoms with Crippen LogP contribution in [0.25, 0.3) is 16.9 Å². The molecule has 37 heavy (non-hydrogen) atoms. The summed E-state index contributed by atoms with van der Waals surface area (Å²) in [4.78, 5) is 26.1. The van der Waals surface area contributed by atoms with Crippen molar-refractivity contribution in [1.29, 1.82) is 0 Å². The molecule has 0 spiro atoms.